The number of aliphatic imine (C=N–C) groups is 1. The largest absolute Gasteiger partial charge is 0.477 e. The number of rotatable bonds is 11. The van der Waals surface area contributed by atoms with E-state index in [0.29, 0.717) is 23.5 Å². The van der Waals surface area contributed by atoms with Crippen molar-refractivity contribution in [3.8, 4) is 0 Å². The highest BCUT2D eigenvalue weighted by atomic mass is 16.6. The van der Waals surface area contributed by atoms with Crippen LogP contribution in [-0.2, 0) is 14.3 Å². The highest BCUT2D eigenvalue weighted by Gasteiger charge is 2.36. The molecule has 0 saturated heterocycles. The van der Waals surface area contributed by atoms with Gasteiger partial charge in [-0.2, -0.15) is 0 Å². The Morgan fingerprint density at radius 3 is 2.37 bits per heavy atom. The first-order valence-corrected chi connectivity index (χ1v) is 10.8. The number of nitrogens with zero attached hydrogens (tertiary/aromatic N) is 2. The van der Waals surface area contributed by atoms with Crippen LogP contribution in [0.3, 0.4) is 0 Å². The third-order valence-corrected chi connectivity index (χ3v) is 5.54. The van der Waals surface area contributed by atoms with Gasteiger partial charge < -0.3 is 4.74 Å². The molecule has 0 aromatic rings. The summed E-state index contributed by atoms with van der Waals surface area (Å²) in [6.45, 7) is 2.21. The number of hydrogen-bond acceptors (Lipinski definition) is 6. The molecule has 0 fully saturated rings. The number of Topliss-reactive ketones (excluding diaryl/α,β-unsaturated/α-hetero) is 1. The van der Waals surface area contributed by atoms with Gasteiger partial charge in [0.15, 0.2) is 11.9 Å². The number of nitro groups is 1. The van der Waals surface area contributed by atoms with Crippen LogP contribution in [0.25, 0.3) is 0 Å². The van der Waals surface area contributed by atoms with Crippen molar-refractivity contribution in [2.45, 2.75) is 77.2 Å². The van der Waals surface area contributed by atoms with Crippen LogP contribution in [0.15, 0.2) is 52.0 Å². The second-order valence-electron chi connectivity index (χ2n) is 7.87. The zero-order valence-electron chi connectivity index (χ0n) is 17.4. The van der Waals surface area contributed by atoms with E-state index in [-0.39, 0.29) is 11.4 Å². The van der Waals surface area contributed by atoms with E-state index in [2.05, 4.69) is 11.9 Å². The van der Waals surface area contributed by atoms with Crippen LogP contribution in [-0.4, -0.2) is 28.3 Å². The molecule has 2 aliphatic carbocycles. The third-order valence-electron chi connectivity index (χ3n) is 5.54. The fourth-order valence-corrected chi connectivity index (χ4v) is 3.86. The molecule has 0 aromatic heterocycles. The molecule has 160 valence electrons. The van der Waals surface area contributed by atoms with Gasteiger partial charge in [-0.15, -0.1) is 0 Å². The Labute approximate surface area is 176 Å². The SMILES string of the molecule is CCCCCCCCCCCC1=C2OC3C=CC([N+](=O)[O-])=CC3=NC2=CC(=O)C1=O. The van der Waals surface area contributed by atoms with E-state index in [0.717, 1.165) is 19.3 Å². The standard InChI is InChI=1S/C23H28N2O5/c1-2-3-4-5-6-7-8-9-10-11-17-22(27)20(26)15-19-23(17)30-21-13-12-16(25(28)29)14-18(21)24-19/h12-15,21H,2-11H2,1H3. The summed E-state index contributed by atoms with van der Waals surface area (Å²) in [5.41, 5.74) is 0.935. The first kappa shape index (κ1) is 21.9. The van der Waals surface area contributed by atoms with E-state index in [1.54, 1.807) is 6.08 Å². The minimum Gasteiger partial charge on any atom is -0.477 e. The Hall–Kier alpha value is -2.83. The van der Waals surface area contributed by atoms with Crippen molar-refractivity contribution in [1.29, 1.82) is 0 Å². The van der Waals surface area contributed by atoms with Crippen LogP contribution in [0.4, 0.5) is 0 Å². The molecule has 7 heteroatoms. The topological polar surface area (TPSA) is 98.9 Å². The van der Waals surface area contributed by atoms with Gasteiger partial charge in [-0.1, -0.05) is 58.3 Å². The second kappa shape index (κ2) is 10.3. The molecular weight excluding hydrogens is 384 g/mol. The van der Waals surface area contributed by atoms with Gasteiger partial charge in [0.05, 0.1) is 10.6 Å². The van der Waals surface area contributed by atoms with Gasteiger partial charge in [-0.05, 0) is 18.9 Å². The average Bonchev–Trinajstić information content (AvgIpc) is 2.73. The van der Waals surface area contributed by atoms with E-state index in [1.807, 2.05) is 0 Å². The normalized spacial score (nSPS) is 20.2. The van der Waals surface area contributed by atoms with Crippen LogP contribution in [0, 0.1) is 10.1 Å². The predicted octanol–water partition coefficient (Wildman–Crippen LogP) is 4.77. The molecule has 1 heterocycles. The molecule has 0 spiro atoms. The first-order chi connectivity index (χ1) is 14.5. The van der Waals surface area contributed by atoms with E-state index < -0.39 is 22.6 Å². The van der Waals surface area contributed by atoms with E-state index in [9.17, 15) is 19.7 Å². The number of carbonyl (C=O) groups is 2. The zero-order valence-corrected chi connectivity index (χ0v) is 17.4. The number of fused-ring (bicyclic) bond motifs is 2. The molecule has 0 radical (unpaired) electrons. The summed E-state index contributed by atoms with van der Waals surface area (Å²) in [7, 11) is 0. The van der Waals surface area contributed by atoms with Gasteiger partial charge in [0.1, 0.15) is 5.70 Å². The maximum Gasteiger partial charge on any atom is 0.271 e. The fraction of sp³-hybridized carbons (Fsp3) is 0.522. The Bertz CT molecular complexity index is 876. The van der Waals surface area contributed by atoms with Crippen molar-refractivity contribution in [3.05, 3.63) is 57.1 Å². The van der Waals surface area contributed by atoms with Crippen LogP contribution < -0.4 is 0 Å². The molecule has 0 amide bonds. The summed E-state index contributed by atoms with van der Waals surface area (Å²) in [5, 5.41) is 11.0. The van der Waals surface area contributed by atoms with Gasteiger partial charge in [-0.3, -0.25) is 19.7 Å². The van der Waals surface area contributed by atoms with Crippen LogP contribution in [0.1, 0.15) is 71.1 Å². The Morgan fingerprint density at radius 1 is 1.03 bits per heavy atom. The van der Waals surface area contributed by atoms with Gasteiger partial charge in [0.2, 0.25) is 11.6 Å². The van der Waals surface area contributed by atoms with E-state index in [1.165, 1.54) is 56.8 Å². The molecule has 3 rings (SSSR count). The molecule has 0 aromatic carbocycles. The van der Waals surface area contributed by atoms with Crippen molar-refractivity contribution in [1.82, 2.24) is 0 Å². The van der Waals surface area contributed by atoms with Crippen molar-refractivity contribution in [3.63, 3.8) is 0 Å². The third kappa shape index (κ3) is 5.20. The summed E-state index contributed by atoms with van der Waals surface area (Å²) in [4.78, 5) is 39.4. The maximum absolute atomic E-state index is 12.4. The summed E-state index contributed by atoms with van der Waals surface area (Å²) in [6, 6.07) is 0. The molecule has 7 nitrogen and oxygen atoms in total. The van der Waals surface area contributed by atoms with Crippen molar-refractivity contribution >= 4 is 17.3 Å². The van der Waals surface area contributed by atoms with Crippen molar-refractivity contribution < 1.29 is 19.2 Å². The minimum absolute atomic E-state index is 0.0882. The fourth-order valence-electron chi connectivity index (χ4n) is 3.86. The van der Waals surface area contributed by atoms with Crippen LogP contribution in [0.2, 0.25) is 0 Å². The van der Waals surface area contributed by atoms with Gasteiger partial charge in [-0.25, -0.2) is 4.99 Å². The molecule has 0 N–H and O–H groups in total. The Balaban J connectivity index is 1.62. The maximum atomic E-state index is 12.4. The molecule has 1 atom stereocenters. The first-order valence-electron chi connectivity index (χ1n) is 10.8. The van der Waals surface area contributed by atoms with Gasteiger partial charge in [0, 0.05) is 23.8 Å². The number of carbonyl (C=O) groups excluding carboxylic acids is 2. The van der Waals surface area contributed by atoms with Crippen molar-refractivity contribution in [2.24, 2.45) is 4.99 Å². The highest BCUT2D eigenvalue weighted by molar-refractivity contribution is 6.48. The number of ether oxygens (including phenoxy) is 1. The van der Waals surface area contributed by atoms with Gasteiger partial charge in [0.25, 0.3) is 5.70 Å². The monoisotopic (exact) mass is 412 g/mol. The second-order valence-corrected chi connectivity index (χ2v) is 7.87. The zero-order chi connectivity index (χ0) is 21.5. The smallest absolute Gasteiger partial charge is 0.271 e. The Kier molecular flexibility index (Phi) is 7.49. The molecule has 30 heavy (non-hydrogen) atoms. The van der Waals surface area contributed by atoms with Gasteiger partial charge >= 0.3 is 0 Å². The quantitative estimate of drug-likeness (QED) is 0.160. The molecule has 0 saturated carbocycles. The lowest BCUT2D eigenvalue weighted by atomic mass is 9.92. The Morgan fingerprint density at radius 2 is 1.70 bits per heavy atom. The van der Waals surface area contributed by atoms with Crippen LogP contribution in [0.5, 0.6) is 0 Å². The number of hydrogen-bond donors (Lipinski definition) is 0. The summed E-state index contributed by atoms with van der Waals surface area (Å²) >= 11 is 0. The number of allylic oxidation sites excluding steroid dienone is 3. The lowest BCUT2D eigenvalue weighted by molar-refractivity contribution is -0.419. The lowest BCUT2D eigenvalue weighted by Gasteiger charge is -2.28. The molecule has 3 aliphatic rings. The average molecular weight is 412 g/mol. The summed E-state index contributed by atoms with van der Waals surface area (Å²) < 4.78 is 5.94. The number of unbranched alkanes of at least 4 members (excludes halogenated alkanes) is 8. The number of ketones is 2. The minimum atomic E-state index is -0.615. The molecule has 1 aliphatic heterocycles. The summed E-state index contributed by atoms with van der Waals surface area (Å²) in [6.07, 6.45) is 15.8. The van der Waals surface area contributed by atoms with E-state index >= 15 is 0 Å². The predicted molar refractivity (Wildman–Crippen MR) is 113 cm³/mol. The lowest BCUT2D eigenvalue weighted by Crippen LogP contribution is -2.32. The van der Waals surface area contributed by atoms with Crippen molar-refractivity contribution in [2.75, 3.05) is 0 Å². The molecule has 0 bridgehead atoms. The molecular formula is C23H28N2O5. The van der Waals surface area contributed by atoms with E-state index in [4.69, 9.17) is 4.74 Å². The highest BCUT2D eigenvalue weighted by Crippen LogP contribution is 2.33. The molecule has 1 unspecified atom stereocenters. The summed E-state index contributed by atoms with van der Waals surface area (Å²) in [5.74, 6) is -0.806. The van der Waals surface area contributed by atoms with Crippen LogP contribution >= 0.6 is 0 Å².